The zero-order valence-electron chi connectivity index (χ0n) is 9.61. The maximum Gasteiger partial charge on any atom is 0.271 e. The lowest BCUT2D eigenvalue weighted by Gasteiger charge is -1.94. The van der Waals surface area contributed by atoms with Crippen LogP contribution >= 0.6 is 0 Å². The molecule has 0 unspecified atom stereocenters. The van der Waals surface area contributed by atoms with Crippen LogP contribution in [-0.2, 0) is 0 Å². The molecule has 0 aliphatic rings. The number of benzene rings is 2. The summed E-state index contributed by atoms with van der Waals surface area (Å²) in [5.74, 6) is 0.506. The van der Waals surface area contributed by atoms with Gasteiger partial charge in [-0.15, -0.1) is 0 Å². The number of nitro benzene ring substituents is 1. The van der Waals surface area contributed by atoms with Crippen LogP contribution in [0.1, 0.15) is 0 Å². The van der Waals surface area contributed by atoms with Crippen LogP contribution in [0, 0.1) is 10.1 Å². The van der Waals surface area contributed by atoms with E-state index in [4.69, 9.17) is 4.42 Å². The van der Waals surface area contributed by atoms with E-state index in [0.29, 0.717) is 22.6 Å². The van der Waals surface area contributed by atoms with Crippen molar-refractivity contribution in [3.8, 4) is 17.2 Å². The van der Waals surface area contributed by atoms with Crippen molar-refractivity contribution in [1.82, 2.24) is 4.98 Å². The molecule has 0 spiro atoms. The Balaban J connectivity index is 2.11. The molecule has 94 valence electrons. The average Bonchev–Trinajstić information content (AvgIpc) is 2.82. The number of hydrogen-bond acceptors (Lipinski definition) is 5. The topological polar surface area (TPSA) is 89.4 Å². The lowest BCUT2D eigenvalue weighted by Crippen LogP contribution is -1.86. The fourth-order valence-corrected chi connectivity index (χ4v) is 1.76. The largest absolute Gasteiger partial charge is 0.508 e. The standard InChI is InChI=1S/C13H8N2O4/c16-10-4-1-8(2-5-10)13-14-11-7-9(15(17)18)3-6-12(11)19-13/h1-7,16H. The Morgan fingerprint density at radius 3 is 2.58 bits per heavy atom. The second-order valence-electron chi connectivity index (χ2n) is 3.98. The van der Waals surface area contributed by atoms with Crippen LogP contribution in [0.3, 0.4) is 0 Å². The average molecular weight is 256 g/mol. The summed E-state index contributed by atoms with van der Waals surface area (Å²) in [6.07, 6.45) is 0. The van der Waals surface area contributed by atoms with Crippen LogP contribution < -0.4 is 0 Å². The van der Waals surface area contributed by atoms with Gasteiger partial charge in [0.25, 0.3) is 5.69 Å². The van der Waals surface area contributed by atoms with Crippen molar-refractivity contribution in [2.24, 2.45) is 0 Å². The molecule has 0 atom stereocenters. The van der Waals surface area contributed by atoms with Crippen molar-refractivity contribution >= 4 is 16.8 Å². The minimum atomic E-state index is -0.478. The maximum atomic E-state index is 10.7. The Bertz CT molecular complexity index is 762. The van der Waals surface area contributed by atoms with E-state index in [0.717, 1.165) is 0 Å². The number of fused-ring (bicyclic) bond motifs is 1. The van der Waals surface area contributed by atoms with E-state index in [1.165, 1.54) is 30.3 Å². The SMILES string of the molecule is O=[N+]([O-])c1ccc2oc(-c3ccc(O)cc3)nc2c1. The molecule has 1 heterocycles. The summed E-state index contributed by atoms with van der Waals surface area (Å²) in [7, 11) is 0. The van der Waals surface area contributed by atoms with Crippen molar-refractivity contribution < 1.29 is 14.4 Å². The molecule has 3 aromatic rings. The molecule has 2 aromatic carbocycles. The number of non-ortho nitro benzene ring substituents is 1. The molecule has 0 saturated heterocycles. The van der Waals surface area contributed by atoms with E-state index in [-0.39, 0.29) is 11.4 Å². The van der Waals surface area contributed by atoms with Gasteiger partial charge in [0.2, 0.25) is 5.89 Å². The van der Waals surface area contributed by atoms with Gasteiger partial charge >= 0.3 is 0 Å². The number of phenols is 1. The lowest BCUT2D eigenvalue weighted by molar-refractivity contribution is -0.384. The Morgan fingerprint density at radius 2 is 1.89 bits per heavy atom. The lowest BCUT2D eigenvalue weighted by atomic mass is 10.2. The molecule has 3 rings (SSSR count). The van der Waals surface area contributed by atoms with Crippen molar-refractivity contribution in [3.05, 3.63) is 52.6 Å². The Labute approximate surface area is 107 Å². The predicted molar refractivity (Wildman–Crippen MR) is 67.8 cm³/mol. The van der Waals surface area contributed by atoms with Gasteiger partial charge in [-0.25, -0.2) is 4.98 Å². The van der Waals surface area contributed by atoms with E-state index in [1.807, 2.05) is 0 Å². The summed E-state index contributed by atoms with van der Waals surface area (Å²) in [5.41, 5.74) is 1.57. The maximum absolute atomic E-state index is 10.7. The zero-order chi connectivity index (χ0) is 13.4. The first-order valence-electron chi connectivity index (χ1n) is 5.48. The first kappa shape index (κ1) is 11.2. The number of aromatic hydroxyl groups is 1. The molecular formula is C13H8N2O4. The second kappa shape index (κ2) is 4.09. The van der Waals surface area contributed by atoms with E-state index < -0.39 is 4.92 Å². The Hall–Kier alpha value is -2.89. The number of oxazole rings is 1. The van der Waals surface area contributed by atoms with Gasteiger partial charge in [-0.05, 0) is 30.3 Å². The van der Waals surface area contributed by atoms with Crippen LogP contribution in [0.25, 0.3) is 22.6 Å². The molecular weight excluding hydrogens is 248 g/mol. The number of nitro groups is 1. The van der Waals surface area contributed by atoms with Crippen LogP contribution in [0.15, 0.2) is 46.9 Å². The highest BCUT2D eigenvalue weighted by Crippen LogP contribution is 2.27. The molecule has 1 aromatic heterocycles. The number of nitrogens with zero attached hydrogens (tertiary/aromatic N) is 2. The molecule has 6 heteroatoms. The van der Waals surface area contributed by atoms with Gasteiger partial charge in [0, 0.05) is 17.7 Å². The van der Waals surface area contributed by atoms with Crippen LogP contribution in [0.2, 0.25) is 0 Å². The molecule has 0 saturated carbocycles. The van der Waals surface area contributed by atoms with E-state index in [9.17, 15) is 15.2 Å². The summed E-state index contributed by atoms with van der Waals surface area (Å²) in [4.78, 5) is 14.4. The highest BCUT2D eigenvalue weighted by molar-refractivity contribution is 5.78. The molecule has 0 radical (unpaired) electrons. The van der Waals surface area contributed by atoms with Crippen molar-refractivity contribution in [2.45, 2.75) is 0 Å². The first-order chi connectivity index (χ1) is 9.13. The molecule has 0 fully saturated rings. The van der Waals surface area contributed by atoms with E-state index >= 15 is 0 Å². The van der Waals surface area contributed by atoms with Gasteiger partial charge in [-0.1, -0.05) is 0 Å². The molecule has 0 aliphatic heterocycles. The fraction of sp³-hybridized carbons (Fsp3) is 0. The highest BCUT2D eigenvalue weighted by atomic mass is 16.6. The van der Waals surface area contributed by atoms with Crippen molar-refractivity contribution in [3.63, 3.8) is 0 Å². The van der Waals surface area contributed by atoms with Crippen LogP contribution in [-0.4, -0.2) is 15.0 Å². The van der Waals surface area contributed by atoms with Gasteiger partial charge in [-0.2, -0.15) is 0 Å². The van der Waals surface area contributed by atoms with Gasteiger partial charge in [0.15, 0.2) is 5.58 Å². The van der Waals surface area contributed by atoms with Crippen LogP contribution in [0.4, 0.5) is 5.69 Å². The monoisotopic (exact) mass is 256 g/mol. The molecule has 1 N–H and O–H groups in total. The first-order valence-corrected chi connectivity index (χ1v) is 5.48. The van der Waals surface area contributed by atoms with E-state index in [1.54, 1.807) is 12.1 Å². The third-order valence-corrected chi connectivity index (χ3v) is 2.70. The third kappa shape index (κ3) is 1.99. The smallest absolute Gasteiger partial charge is 0.271 e. The zero-order valence-corrected chi connectivity index (χ0v) is 9.61. The van der Waals surface area contributed by atoms with Crippen molar-refractivity contribution in [2.75, 3.05) is 0 Å². The summed E-state index contributed by atoms with van der Waals surface area (Å²) in [6, 6.07) is 10.6. The minimum Gasteiger partial charge on any atom is -0.508 e. The molecule has 19 heavy (non-hydrogen) atoms. The predicted octanol–water partition coefficient (Wildman–Crippen LogP) is 3.11. The van der Waals surface area contributed by atoms with Gasteiger partial charge < -0.3 is 9.52 Å². The number of hydrogen-bond donors (Lipinski definition) is 1. The van der Waals surface area contributed by atoms with Crippen LogP contribution in [0.5, 0.6) is 5.75 Å². The number of rotatable bonds is 2. The Morgan fingerprint density at radius 1 is 1.16 bits per heavy atom. The highest BCUT2D eigenvalue weighted by Gasteiger charge is 2.12. The fourth-order valence-electron chi connectivity index (χ4n) is 1.76. The number of phenolic OH excluding ortho intramolecular Hbond substituents is 1. The summed E-state index contributed by atoms with van der Waals surface area (Å²) in [5, 5.41) is 19.9. The Kier molecular flexibility index (Phi) is 2.42. The summed E-state index contributed by atoms with van der Waals surface area (Å²) in [6.45, 7) is 0. The van der Waals surface area contributed by atoms with Gasteiger partial charge in [0.05, 0.1) is 4.92 Å². The van der Waals surface area contributed by atoms with Gasteiger partial charge in [0.1, 0.15) is 11.3 Å². The summed E-state index contributed by atoms with van der Waals surface area (Å²) >= 11 is 0. The second-order valence-corrected chi connectivity index (χ2v) is 3.98. The minimum absolute atomic E-state index is 0.0296. The molecule has 0 amide bonds. The normalized spacial score (nSPS) is 10.7. The third-order valence-electron chi connectivity index (χ3n) is 2.70. The van der Waals surface area contributed by atoms with Gasteiger partial charge in [-0.3, -0.25) is 10.1 Å². The molecule has 0 aliphatic carbocycles. The quantitative estimate of drug-likeness (QED) is 0.562. The summed E-state index contributed by atoms with van der Waals surface area (Å²) < 4.78 is 5.51. The molecule has 0 bridgehead atoms. The number of aromatic nitrogens is 1. The van der Waals surface area contributed by atoms with E-state index in [2.05, 4.69) is 4.98 Å². The molecule has 6 nitrogen and oxygen atoms in total. The van der Waals surface area contributed by atoms with Crippen molar-refractivity contribution in [1.29, 1.82) is 0 Å².